The van der Waals surface area contributed by atoms with Gasteiger partial charge in [0.05, 0.1) is 0 Å². The SMILES string of the molecule is CCCCCc1ccccc1SC. The van der Waals surface area contributed by atoms with Crippen LogP contribution in [0.15, 0.2) is 29.2 Å². The molecule has 1 aromatic carbocycles. The molecule has 13 heavy (non-hydrogen) atoms. The first-order valence-corrected chi connectivity index (χ1v) is 6.23. The molecule has 0 saturated heterocycles. The Labute approximate surface area is 85.7 Å². The number of hydrogen-bond acceptors (Lipinski definition) is 1. The highest BCUT2D eigenvalue weighted by molar-refractivity contribution is 7.98. The molecule has 0 aliphatic rings. The number of hydrogen-bond donors (Lipinski definition) is 0. The second-order valence-corrected chi connectivity index (χ2v) is 4.12. The van der Waals surface area contributed by atoms with Crippen LogP contribution < -0.4 is 0 Å². The lowest BCUT2D eigenvalue weighted by molar-refractivity contribution is 0.712. The molecule has 1 rings (SSSR count). The molecule has 0 unspecified atom stereocenters. The van der Waals surface area contributed by atoms with Gasteiger partial charge in [-0.2, -0.15) is 0 Å². The third-order valence-corrected chi connectivity index (χ3v) is 3.08. The third-order valence-electron chi connectivity index (χ3n) is 2.24. The van der Waals surface area contributed by atoms with E-state index < -0.39 is 0 Å². The lowest BCUT2D eigenvalue weighted by Crippen LogP contribution is -1.87. The average molecular weight is 194 g/mol. The van der Waals surface area contributed by atoms with Gasteiger partial charge in [-0.3, -0.25) is 0 Å². The van der Waals surface area contributed by atoms with E-state index in [-0.39, 0.29) is 0 Å². The number of rotatable bonds is 5. The topological polar surface area (TPSA) is 0 Å². The van der Waals surface area contributed by atoms with Crippen LogP contribution in [0.25, 0.3) is 0 Å². The minimum absolute atomic E-state index is 1.24. The second-order valence-electron chi connectivity index (χ2n) is 3.27. The molecule has 0 bridgehead atoms. The molecule has 0 aliphatic heterocycles. The van der Waals surface area contributed by atoms with Gasteiger partial charge in [0, 0.05) is 4.90 Å². The molecule has 0 spiro atoms. The van der Waals surface area contributed by atoms with E-state index in [9.17, 15) is 0 Å². The van der Waals surface area contributed by atoms with Crippen molar-refractivity contribution in [2.45, 2.75) is 37.5 Å². The highest BCUT2D eigenvalue weighted by Crippen LogP contribution is 2.21. The summed E-state index contributed by atoms with van der Waals surface area (Å²) >= 11 is 1.85. The number of thioether (sulfide) groups is 1. The van der Waals surface area contributed by atoms with Crippen molar-refractivity contribution in [3.05, 3.63) is 29.8 Å². The van der Waals surface area contributed by atoms with E-state index in [2.05, 4.69) is 37.4 Å². The van der Waals surface area contributed by atoms with Gasteiger partial charge in [0.15, 0.2) is 0 Å². The molecule has 1 heteroatoms. The van der Waals surface area contributed by atoms with Crippen molar-refractivity contribution in [3.8, 4) is 0 Å². The van der Waals surface area contributed by atoms with Crippen LogP contribution in [0.2, 0.25) is 0 Å². The van der Waals surface area contributed by atoms with E-state index in [0.717, 1.165) is 0 Å². The molecule has 0 N–H and O–H groups in total. The third kappa shape index (κ3) is 3.43. The van der Waals surface area contributed by atoms with Crippen LogP contribution in [-0.4, -0.2) is 6.26 Å². The van der Waals surface area contributed by atoms with Gasteiger partial charge in [-0.1, -0.05) is 38.0 Å². The van der Waals surface area contributed by atoms with Crippen molar-refractivity contribution >= 4 is 11.8 Å². The fourth-order valence-electron chi connectivity index (χ4n) is 1.47. The number of aryl methyl sites for hydroxylation is 1. The van der Waals surface area contributed by atoms with Gasteiger partial charge in [0.2, 0.25) is 0 Å². The zero-order valence-electron chi connectivity index (χ0n) is 8.55. The summed E-state index contributed by atoms with van der Waals surface area (Å²) in [5.41, 5.74) is 1.52. The molecule has 0 aromatic heterocycles. The maximum absolute atomic E-state index is 2.25. The van der Waals surface area contributed by atoms with Crippen molar-refractivity contribution in [3.63, 3.8) is 0 Å². The number of unbranched alkanes of at least 4 members (excludes halogenated alkanes) is 2. The highest BCUT2D eigenvalue weighted by atomic mass is 32.2. The molecule has 0 radical (unpaired) electrons. The summed E-state index contributed by atoms with van der Waals surface area (Å²) in [6.07, 6.45) is 7.38. The largest absolute Gasteiger partial charge is 0.129 e. The molecular weight excluding hydrogens is 176 g/mol. The summed E-state index contributed by atoms with van der Waals surface area (Å²) in [6.45, 7) is 2.25. The van der Waals surface area contributed by atoms with Crippen molar-refractivity contribution in [1.82, 2.24) is 0 Å². The molecule has 0 heterocycles. The van der Waals surface area contributed by atoms with E-state index in [4.69, 9.17) is 0 Å². The predicted molar refractivity (Wildman–Crippen MR) is 61.5 cm³/mol. The Morgan fingerprint density at radius 3 is 2.62 bits per heavy atom. The minimum Gasteiger partial charge on any atom is -0.129 e. The lowest BCUT2D eigenvalue weighted by Gasteiger charge is -2.05. The van der Waals surface area contributed by atoms with Gasteiger partial charge in [-0.15, -0.1) is 11.8 Å². The first kappa shape index (κ1) is 10.6. The molecule has 0 aliphatic carbocycles. The van der Waals surface area contributed by atoms with Gasteiger partial charge < -0.3 is 0 Å². The van der Waals surface area contributed by atoms with Gasteiger partial charge in [0.25, 0.3) is 0 Å². The molecule has 0 saturated carbocycles. The molecular formula is C12H18S. The summed E-state index contributed by atoms with van der Waals surface area (Å²) in [6, 6.07) is 8.73. The fraction of sp³-hybridized carbons (Fsp3) is 0.500. The van der Waals surface area contributed by atoms with Gasteiger partial charge in [-0.05, 0) is 30.7 Å². The quantitative estimate of drug-likeness (QED) is 0.501. The standard InChI is InChI=1S/C12H18S/c1-3-4-5-8-11-9-6-7-10-12(11)13-2/h6-7,9-10H,3-5,8H2,1-2H3. The molecule has 0 fully saturated rings. The maximum atomic E-state index is 2.25. The van der Waals surface area contributed by atoms with Crippen LogP contribution in [0.4, 0.5) is 0 Å². The van der Waals surface area contributed by atoms with E-state index in [1.54, 1.807) is 0 Å². The van der Waals surface area contributed by atoms with Gasteiger partial charge in [0.1, 0.15) is 0 Å². The van der Waals surface area contributed by atoms with E-state index in [0.29, 0.717) is 0 Å². The Hall–Kier alpha value is -0.430. The van der Waals surface area contributed by atoms with Crippen LogP contribution in [0, 0.1) is 0 Å². The Balaban J connectivity index is 2.54. The normalized spacial score (nSPS) is 10.3. The summed E-state index contributed by atoms with van der Waals surface area (Å²) in [5.74, 6) is 0. The Bertz CT molecular complexity index is 243. The van der Waals surface area contributed by atoms with E-state index in [1.165, 1.54) is 36.1 Å². The van der Waals surface area contributed by atoms with Crippen LogP contribution in [0.1, 0.15) is 31.7 Å². The molecule has 0 atom stereocenters. The predicted octanol–water partition coefficient (Wildman–Crippen LogP) is 4.14. The highest BCUT2D eigenvalue weighted by Gasteiger charge is 1.98. The first-order valence-electron chi connectivity index (χ1n) is 5.00. The summed E-state index contributed by atoms with van der Waals surface area (Å²) in [5, 5.41) is 0. The molecule has 0 nitrogen and oxygen atoms in total. The summed E-state index contributed by atoms with van der Waals surface area (Å²) < 4.78 is 0. The van der Waals surface area contributed by atoms with Crippen molar-refractivity contribution in [2.75, 3.05) is 6.26 Å². The van der Waals surface area contributed by atoms with Gasteiger partial charge in [-0.25, -0.2) is 0 Å². The Morgan fingerprint density at radius 2 is 1.92 bits per heavy atom. The maximum Gasteiger partial charge on any atom is 0.0101 e. The van der Waals surface area contributed by atoms with E-state index in [1.807, 2.05) is 11.8 Å². The zero-order valence-corrected chi connectivity index (χ0v) is 9.36. The summed E-state index contributed by atoms with van der Waals surface area (Å²) in [7, 11) is 0. The smallest absolute Gasteiger partial charge is 0.0101 e. The lowest BCUT2D eigenvalue weighted by atomic mass is 10.1. The van der Waals surface area contributed by atoms with Crippen molar-refractivity contribution < 1.29 is 0 Å². The Morgan fingerprint density at radius 1 is 1.15 bits per heavy atom. The first-order chi connectivity index (χ1) is 6.38. The van der Waals surface area contributed by atoms with E-state index >= 15 is 0 Å². The fourth-order valence-corrected chi connectivity index (χ4v) is 2.12. The van der Waals surface area contributed by atoms with Crippen LogP contribution >= 0.6 is 11.8 Å². The van der Waals surface area contributed by atoms with Crippen LogP contribution in [0.5, 0.6) is 0 Å². The Kier molecular flexibility index (Phi) is 4.99. The van der Waals surface area contributed by atoms with Crippen LogP contribution in [-0.2, 0) is 6.42 Å². The van der Waals surface area contributed by atoms with Crippen molar-refractivity contribution in [2.24, 2.45) is 0 Å². The van der Waals surface area contributed by atoms with Crippen molar-refractivity contribution in [1.29, 1.82) is 0 Å². The van der Waals surface area contributed by atoms with Gasteiger partial charge >= 0.3 is 0 Å². The second kappa shape index (κ2) is 6.09. The van der Waals surface area contributed by atoms with Crippen LogP contribution in [0.3, 0.4) is 0 Å². The monoisotopic (exact) mass is 194 g/mol. The molecule has 1 aromatic rings. The number of benzene rings is 1. The summed E-state index contributed by atoms with van der Waals surface area (Å²) in [4.78, 5) is 1.44. The average Bonchev–Trinajstić information content (AvgIpc) is 2.19. The minimum atomic E-state index is 1.24. The zero-order chi connectivity index (χ0) is 9.52. The molecule has 72 valence electrons. The molecule has 0 amide bonds.